The maximum atomic E-state index is 4.25. The lowest BCUT2D eigenvalue weighted by Gasteiger charge is -1.97. The summed E-state index contributed by atoms with van der Waals surface area (Å²) in [6.45, 7) is 2.08. The average molecular weight is 148 g/mol. The highest BCUT2D eigenvalue weighted by molar-refractivity contribution is 5.16. The SMILES string of the molecule is CCc1ncc(C2CC2)cn1. The minimum Gasteiger partial charge on any atom is -0.241 e. The lowest BCUT2D eigenvalue weighted by atomic mass is 10.2. The molecular weight excluding hydrogens is 136 g/mol. The van der Waals surface area contributed by atoms with E-state index in [-0.39, 0.29) is 0 Å². The molecule has 58 valence electrons. The van der Waals surface area contributed by atoms with E-state index in [1.165, 1.54) is 18.4 Å². The molecule has 0 bridgehead atoms. The van der Waals surface area contributed by atoms with Crippen molar-refractivity contribution in [3.8, 4) is 0 Å². The molecule has 0 saturated heterocycles. The first-order valence-corrected chi connectivity index (χ1v) is 4.21. The zero-order valence-corrected chi connectivity index (χ0v) is 6.75. The van der Waals surface area contributed by atoms with Crippen molar-refractivity contribution in [2.24, 2.45) is 0 Å². The minimum atomic E-state index is 0.779. The van der Waals surface area contributed by atoms with E-state index >= 15 is 0 Å². The Morgan fingerprint density at radius 1 is 1.36 bits per heavy atom. The summed E-state index contributed by atoms with van der Waals surface area (Å²) in [4.78, 5) is 8.49. The van der Waals surface area contributed by atoms with Crippen LogP contribution in [0.25, 0.3) is 0 Å². The van der Waals surface area contributed by atoms with Crippen LogP contribution in [-0.2, 0) is 6.42 Å². The van der Waals surface area contributed by atoms with Crippen molar-refractivity contribution in [1.82, 2.24) is 9.97 Å². The number of rotatable bonds is 2. The highest BCUT2D eigenvalue weighted by Crippen LogP contribution is 2.39. The van der Waals surface area contributed by atoms with Crippen LogP contribution >= 0.6 is 0 Å². The van der Waals surface area contributed by atoms with Crippen LogP contribution in [0.2, 0.25) is 0 Å². The number of hydrogen-bond acceptors (Lipinski definition) is 2. The quantitative estimate of drug-likeness (QED) is 0.640. The Morgan fingerprint density at radius 2 is 2.00 bits per heavy atom. The molecule has 0 aliphatic heterocycles. The first kappa shape index (κ1) is 6.77. The third-order valence-electron chi connectivity index (χ3n) is 2.09. The third kappa shape index (κ3) is 1.39. The predicted octanol–water partition coefficient (Wildman–Crippen LogP) is 1.92. The summed E-state index contributed by atoms with van der Waals surface area (Å²) in [5.74, 6) is 1.73. The van der Waals surface area contributed by atoms with Gasteiger partial charge in [-0.1, -0.05) is 6.92 Å². The Morgan fingerprint density at radius 3 is 2.45 bits per heavy atom. The highest BCUT2D eigenvalue weighted by atomic mass is 14.9. The second kappa shape index (κ2) is 2.61. The van der Waals surface area contributed by atoms with Crippen LogP contribution in [0.15, 0.2) is 12.4 Å². The lowest BCUT2D eigenvalue weighted by molar-refractivity contribution is 0.911. The number of aromatic nitrogens is 2. The van der Waals surface area contributed by atoms with Crippen molar-refractivity contribution in [2.75, 3.05) is 0 Å². The van der Waals surface area contributed by atoms with E-state index in [2.05, 4.69) is 16.9 Å². The summed E-state index contributed by atoms with van der Waals surface area (Å²) in [5, 5.41) is 0. The van der Waals surface area contributed by atoms with Crippen LogP contribution in [0, 0.1) is 0 Å². The van der Waals surface area contributed by atoms with Crippen molar-refractivity contribution < 1.29 is 0 Å². The highest BCUT2D eigenvalue weighted by Gasteiger charge is 2.23. The van der Waals surface area contributed by atoms with Crippen LogP contribution in [0.1, 0.15) is 37.1 Å². The number of nitrogens with zero attached hydrogens (tertiary/aromatic N) is 2. The first-order valence-electron chi connectivity index (χ1n) is 4.21. The first-order chi connectivity index (χ1) is 5.40. The van der Waals surface area contributed by atoms with E-state index in [0.717, 1.165) is 18.2 Å². The van der Waals surface area contributed by atoms with Gasteiger partial charge in [-0.05, 0) is 24.3 Å². The monoisotopic (exact) mass is 148 g/mol. The molecule has 0 N–H and O–H groups in total. The molecule has 1 fully saturated rings. The fourth-order valence-corrected chi connectivity index (χ4v) is 1.17. The van der Waals surface area contributed by atoms with Gasteiger partial charge in [0.15, 0.2) is 0 Å². The smallest absolute Gasteiger partial charge is 0.127 e. The van der Waals surface area contributed by atoms with Crippen molar-refractivity contribution in [3.05, 3.63) is 23.8 Å². The Hall–Kier alpha value is -0.920. The molecule has 11 heavy (non-hydrogen) atoms. The van der Waals surface area contributed by atoms with Gasteiger partial charge in [0, 0.05) is 18.8 Å². The summed E-state index contributed by atoms with van der Waals surface area (Å²) in [5.41, 5.74) is 1.32. The molecule has 0 unspecified atom stereocenters. The van der Waals surface area contributed by atoms with E-state index in [4.69, 9.17) is 0 Å². The van der Waals surface area contributed by atoms with Gasteiger partial charge in [0.2, 0.25) is 0 Å². The van der Waals surface area contributed by atoms with E-state index in [1.807, 2.05) is 12.4 Å². The topological polar surface area (TPSA) is 25.8 Å². The molecule has 1 aromatic rings. The van der Waals surface area contributed by atoms with Crippen LogP contribution in [0.5, 0.6) is 0 Å². The molecule has 0 atom stereocenters. The second-order valence-electron chi connectivity index (χ2n) is 3.06. The van der Waals surface area contributed by atoms with E-state index in [1.54, 1.807) is 0 Å². The zero-order chi connectivity index (χ0) is 7.68. The fraction of sp³-hybridized carbons (Fsp3) is 0.556. The zero-order valence-electron chi connectivity index (χ0n) is 6.75. The molecule has 1 aromatic heterocycles. The second-order valence-corrected chi connectivity index (χ2v) is 3.06. The van der Waals surface area contributed by atoms with Gasteiger partial charge < -0.3 is 0 Å². The van der Waals surface area contributed by atoms with Gasteiger partial charge in [-0.2, -0.15) is 0 Å². The average Bonchev–Trinajstić information content (AvgIpc) is 2.87. The number of aryl methyl sites for hydroxylation is 1. The van der Waals surface area contributed by atoms with Crippen molar-refractivity contribution in [2.45, 2.75) is 32.1 Å². The summed E-state index contributed by atoms with van der Waals surface area (Å²) >= 11 is 0. The van der Waals surface area contributed by atoms with Gasteiger partial charge >= 0.3 is 0 Å². The minimum absolute atomic E-state index is 0.779. The molecule has 1 saturated carbocycles. The molecule has 0 radical (unpaired) electrons. The largest absolute Gasteiger partial charge is 0.241 e. The summed E-state index contributed by atoms with van der Waals surface area (Å²) in [6, 6.07) is 0. The predicted molar refractivity (Wildman–Crippen MR) is 43.4 cm³/mol. The Balaban J connectivity index is 2.19. The molecule has 0 amide bonds. The van der Waals surface area contributed by atoms with Gasteiger partial charge in [-0.25, -0.2) is 9.97 Å². The van der Waals surface area contributed by atoms with Gasteiger partial charge in [-0.15, -0.1) is 0 Å². The van der Waals surface area contributed by atoms with E-state index in [9.17, 15) is 0 Å². The molecule has 0 spiro atoms. The maximum Gasteiger partial charge on any atom is 0.127 e. The Bertz CT molecular complexity index is 236. The van der Waals surface area contributed by atoms with E-state index in [0.29, 0.717) is 0 Å². The maximum absolute atomic E-state index is 4.25. The van der Waals surface area contributed by atoms with Gasteiger partial charge in [0.1, 0.15) is 5.82 Å². The van der Waals surface area contributed by atoms with Gasteiger partial charge in [0.25, 0.3) is 0 Å². The molecule has 2 heteroatoms. The summed E-state index contributed by atoms with van der Waals surface area (Å²) in [6.07, 6.45) is 7.54. The van der Waals surface area contributed by atoms with Crippen molar-refractivity contribution in [1.29, 1.82) is 0 Å². The summed E-state index contributed by atoms with van der Waals surface area (Å²) < 4.78 is 0. The molecule has 1 heterocycles. The molecule has 0 aromatic carbocycles. The van der Waals surface area contributed by atoms with Crippen molar-refractivity contribution >= 4 is 0 Å². The number of hydrogen-bond donors (Lipinski definition) is 0. The standard InChI is InChI=1S/C9H12N2/c1-2-9-10-5-8(6-11-9)7-3-4-7/h5-7H,2-4H2,1H3. The lowest BCUT2D eigenvalue weighted by Crippen LogP contribution is -1.93. The van der Waals surface area contributed by atoms with E-state index < -0.39 is 0 Å². The molecule has 2 nitrogen and oxygen atoms in total. The third-order valence-corrected chi connectivity index (χ3v) is 2.09. The molecule has 1 aliphatic carbocycles. The van der Waals surface area contributed by atoms with Gasteiger partial charge in [-0.3, -0.25) is 0 Å². The fourth-order valence-electron chi connectivity index (χ4n) is 1.17. The van der Waals surface area contributed by atoms with Crippen LogP contribution in [-0.4, -0.2) is 9.97 Å². The Labute approximate surface area is 66.7 Å². The Kier molecular flexibility index (Phi) is 1.60. The summed E-state index contributed by atoms with van der Waals surface area (Å²) in [7, 11) is 0. The normalized spacial score (nSPS) is 16.8. The molecular formula is C9H12N2. The van der Waals surface area contributed by atoms with Crippen LogP contribution in [0.3, 0.4) is 0 Å². The van der Waals surface area contributed by atoms with Crippen LogP contribution in [0.4, 0.5) is 0 Å². The molecule has 1 aliphatic rings. The molecule has 2 rings (SSSR count). The van der Waals surface area contributed by atoms with Crippen molar-refractivity contribution in [3.63, 3.8) is 0 Å². The van der Waals surface area contributed by atoms with Crippen LogP contribution < -0.4 is 0 Å². The van der Waals surface area contributed by atoms with Gasteiger partial charge in [0.05, 0.1) is 0 Å².